The molecule has 0 bridgehead atoms. The van der Waals surface area contributed by atoms with Crippen LogP contribution in [0.4, 0.5) is 0 Å². The van der Waals surface area contributed by atoms with Gasteiger partial charge in [-0.25, -0.2) is 0 Å². The molecule has 1 saturated heterocycles. The van der Waals surface area contributed by atoms with Crippen LogP contribution < -0.4 is 5.32 Å². The Hall–Kier alpha value is -0.860. The topological polar surface area (TPSA) is 15.3 Å². The second-order valence-electron chi connectivity index (χ2n) is 7.77. The maximum absolute atomic E-state index is 3.68. The van der Waals surface area contributed by atoms with Crippen molar-refractivity contribution in [2.24, 2.45) is 0 Å². The molecule has 0 radical (unpaired) electrons. The Balaban J connectivity index is 2.05. The van der Waals surface area contributed by atoms with Gasteiger partial charge in [-0.2, -0.15) is 0 Å². The molecule has 2 rings (SSSR count). The average molecular weight is 288 g/mol. The highest BCUT2D eigenvalue weighted by atomic mass is 15.2. The Morgan fingerprint density at radius 1 is 1.14 bits per heavy atom. The number of nitrogens with zero attached hydrogens (tertiary/aromatic N) is 1. The van der Waals surface area contributed by atoms with E-state index in [0.29, 0.717) is 6.04 Å². The molecule has 1 heterocycles. The monoisotopic (exact) mass is 288 g/mol. The summed E-state index contributed by atoms with van der Waals surface area (Å²) in [4.78, 5) is 2.67. The van der Waals surface area contributed by atoms with Crippen LogP contribution in [0.25, 0.3) is 0 Å². The summed E-state index contributed by atoms with van der Waals surface area (Å²) in [6.45, 7) is 16.9. The first-order chi connectivity index (χ1) is 9.76. The zero-order valence-electron chi connectivity index (χ0n) is 14.7. The maximum atomic E-state index is 3.68. The first-order valence-electron chi connectivity index (χ1n) is 8.32. The third-order valence-electron chi connectivity index (χ3n) is 4.57. The lowest BCUT2D eigenvalue weighted by Crippen LogP contribution is -2.45. The van der Waals surface area contributed by atoms with Crippen molar-refractivity contribution in [3.8, 4) is 0 Å². The van der Waals surface area contributed by atoms with Gasteiger partial charge >= 0.3 is 0 Å². The average Bonchev–Trinajstić information content (AvgIpc) is 2.77. The van der Waals surface area contributed by atoms with Crippen molar-refractivity contribution in [2.45, 2.75) is 72.5 Å². The number of rotatable bonds is 4. The minimum absolute atomic E-state index is 0.212. The van der Waals surface area contributed by atoms with Gasteiger partial charge in [0.15, 0.2) is 0 Å². The normalized spacial score (nSPS) is 20.2. The molecule has 1 unspecified atom stereocenters. The van der Waals surface area contributed by atoms with Crippen molar-refractivity contribution >= 4 is 0 Å². The number of benzene rings is 1. The van der Waals surface area contributed by atoms with Gasteiger partial charge in [-0.05, 0) is 77.6 Å². The van der Waals surface area contributed by atoms with E-state index in [-0.39, 0.29) is 5.54 Å². The minimum atomic E-state index is 0.212. The second-order valence-corrected chi connectivity index (χ2v) is 7.77. The van der Waals surface area contributed by atoms with Crippen molar-refractivity contribution in [1.29, 1.82) is 0 Å². The first-order valence-corrected chi connectivity index (χ1v) is 8.32. The summed E-state index contributed by atoms with van der Waals surface area (Å²) < 4.78 is 0. The summed E-state index contributed by atoms with van der Waals surface area (Å²) >= 11 is 0. The second kappa shape index (κ2) is 6.50. The predicted molar refractivity (Wildman–Crippen MR) is 91.8 cm³/mol. The van der Waals surface area contributed by atoms with Gasteiger partial charge in [0.05, 0.1) is 0 Å². The fraction of sp³-hybridized carbons (Fsp3) is 0.684. The largest absolute Gasteiger partial charge is 0.311 e. The highest BCUT2D eigenvalue weighted by molar-refractivity contribution is 5.37. The van der Waals surface area contributed by atoms with Gasteiger partial charge in [0.2, 0.25) is 0 Å². The van der Waals surface area contributed by atoms with E-state index in [2.05, 4.69) is 63.9 Å². The van der Waals surface area contributed by atoms with E-state index < -0.39 is 0 Å². The van der Waals surface area contributed by atoms with E-state index in [0.717, 1.165) is 13.1 Å². The zero-order chi connectivity index (χ0) is 15.6. The number of hydrogen-bond acceptors (Lipinski definition) is 2. The molecule has 1 fully saturated rings. The number of nitrogens with one attached hydrogen (secondary N) is 1. The molecule has 0 spiro atoms. The van der Waals surface area contributed by atoms with Crippen molar-refractivity contribution in [3.05, 3.63) is 34.4 Å². The molecule has 1 atom stereocenters. The Kier molecular flexibility index (Phi) is 5.11. The smallest absolute Gasteiger partial charge is 0.0242 e. The number of aryl methyl sites for hydroxylation is 3. The molecule has 1 aliphatic heterocycles. The Morgan fingerprint density at radius 3 is 2.33 bits per heavy atom. The van der Waals surface area contributed by atoms with Crippen LogP contribution in [0, 0.1) is 20.8 Å². The molecule has 1 aromatic rings. The van der Waals surface area contributed by atoms with Crippen LogP contribution >= 0.6 is 0 Å². The van der Waals surface area contributed by atoms with Crippen LogP contribution in [-0.4, -0.2) is 29.6 Å². The molecule has 2 heteroatoms. The lowest BCUT2D eigenvalue weighted by atomic mass is 9.99. The molecule has 1 aliphatic rings. The van der Waals surface area contributed by atoms with Crippen molar-refractivity contribution in [1.82, 2.24) is 10.2 Å². The molecule has 0 saturated carbocycles. The van der Waals surface area contributed by atoms with Gasteiger partial charge in [-0.3, -0.25) is 4.90 Å². The van der Waals surface area contributed by atoms with Gasteiger partial charge in [0.1, 0.15) is 0 Å². The van der Waals surface area contributed by atoms with Gasteiger partial charge in [-0.1, -0.05) is 17.7 Å². The summed E-state index contributed by atoms with van der Waals surface area (Å²) in [5.41, 5.74) is 6.01. The molecule has 0 amide bonds. The van der Waals surface area contributed by atoms with Gasteiger partial charge in [0.25, 0.3) is 0 Å². The molecule has 1 aromatic carbocycles. The van der Waals surface area contributed by atoms with E-state index in [4.69, 9.17) is 0 Å². The lowest BCUT2D eigenvalue weighted by molar-refractivity contribution is 0.225. The predicted octanol–water partition coefficient (Wildman–Crippen LogP) is 3.96. The minimum Gasteiger partial charge on any atom is -0.311 e. The quantitative estimate of drug-likeness (QED) is 0.902. The lowest BCUT2D eigenvalue weighted by Gasteiger charge is -2.30. The Bertz CT molecular complexity index is 462. The van der Waals surface area contributed by atoms with Crippen LogP contribution in [0.3, 0.4) is 0 Å². The van der Waals surface area contributed by atoms with Crippen LogP contribution in [0.5, 0.6) is 0 Å². The van der Waals surface area contributed by atoms with Gasteiger partial charge in [0, 0.05) is 24.7 Å². The van der Waals surface area contributed by atoms with Crippen LogP contribution in [0.1, 0.15) is 55.9 Å². The van der Waals surface area contributed by atoms with E-state index >= 15 is 0 Å². The van der Waals surface area contributed by atoms with Crippen molar-refractivity contribution in [3.63, 3.8) is 0 Å². The molecule has 21 heavy (non-hydrogen) atoms. The molecule has 118 valence electrons. The molecule has 0 aromatic heterocycles. The van der Waals surface area contributed by atoms with Gasteiger partial charge < -0.3 is 5.32 Å². The third-order valence-corrected chi connectivity index (χ3v) is 4.57. The summed E-state index contributed by atoms with van der Waals surface area (Å²) in [7, 11) is 0. The maximum Gasteiger partial charge on any atom is 0.0242 e. The number of hydrogen-bond donors (Lipinski definition) is 1. The summed E-state index contributed by atoms with van der Waals surface area (Å²) in [5.74, 6) is 0. The fourth-order valence-electron chi connectivity index (χ4n) is 3.42. The fourth-order valence-corrected chi connectivity index (χ4v) is 3.42. The first kappa shape index (κ1) is 16.5. The van der Waals surface area contributed by atoms with Gasteiger partial charge in [-0.15, -0.1) is 0 Å². The summed E-state index contributed by atoms with van der Waals surface area (Å²) in [6.07, 6.45) is 2.66. The van der Waals surface area contributed by atoms with Crippen LogP contribution in [-0.2, 0) is 6.54 Å². The molecule has 2 nitrogen and oxygen atoms in total. The number of likely N-dealkylation sites (tertiary alicyclic amines) is 1. The highest BCUT2D eigenvalue weighted by Gasteiger charge is 2.26. The van der Waals surface area contributed by atoms with Crippen molar-refractivity contribution < 1.29 is 0 Å². The molecule has 0 aliphatic carbocycles. The third kappa shape index (κ3) is 4.55. The Morgan fingerprint density at radius 2 is 1.76 bits per heavy atom. The summed E-state index contributed by atoms with van der Waals surface area (Å²) in [6, 6.07) is 5.33. The van der Waals surface area contributed by atoms with E-state index in [1.54, 1.807) is 0 Å². The summed E-state index contributed by atoms with van der Waals surface area (Å²) in [5, 5.41) is 3.68. The standard InChI is InChI=1S/C19H32N2/c1-14-10-15(2)18(16(3)11-14)13-21-9-7-8-17(21)12-20-19(4,5)6/h10-11,17,20H,7-9,12-13H2,1-6H3. The van der Waals surface area contributed by atoms with Crippen LogP contribution in [0.15, 0.2) is 12.1 Å². The van der Waals surface area contributed by atoms with Crippen LogP contribution in [0.2, 0.25) is 0 Å². The Labute approximate surface area is 130 Å². The SMILES string of the molecule is Cc1cc(C)c(CN2CCCC2CNC(C)(C)C)c(C)c1. The molecule has 1 N–H and O–H groups in total. The molecular weight excluding hydrogens is 256 g/mol. The van der Waals surface area contributed by atoms with E-state index in [9.17, 15) is 0 Å². The molecular formula is C19H32N2. The highest BCUT2D eigenvalue weighted by Crippen LogP contribution is 2.24. The van der Waals surface area contributed by atoms with Crippen molar-refractivity contribution in [2.75, 3.05) is 13.1 Å². The van der Waals surface area contributed by atoms with E-state index in [1.807, 2.05) is 0 Å². The zero-order valence-corrected chi connectivity index (χ0v) is 14.7. The van der Waals surface area contributed by atoms with E-state index in [1.165, 1.54) is 41.6 Å².